The maximum atomic E-state index is 11.2. The summed E-state index contributed by atoms with van der Waals surface area (Å²) < 4.78 is 5.24. The van der Waals surface area contributed by atoms with Gasteiger partial charge >= 0.3 is 5.97 Å². The van der Waals surface area contributed by atoms with Crippen molar-refractivity contribution in [1.82, 2.24) is 10.2 Å². The minimum absolute atomic E-state index is 0.00232. The number of aryl methyl sites for hydroxylation is 1. The van der Waals surface area contributed by atoms with E-state index in [0.29, 0.717) is 11.3 Å². The average Bonchev–Trinajstić information content (AvgIpc) is 2.84. The fourth-order valence-electron chi connectivity index (χ4n) is 1.81. The van der Waals surface area contributed by atoms with Crippen LogP contribution in [0, 0.1) is 6.92 Å². The van der Waals surface area contributed by atoms with Crippen LogP contribution in [0.5, 0.6) is 11.5 Å². The standard InChI is InChI=1S/C14H13BrN2O4/c1-7-5-9(17-16-7)4-3-8-6-10(14(19)20)11(15)13(21-2)12(8)18/h3-6,18H,1-2H3,(H,16,17)(H,19,20)/b4-3+. The normalized spacial score (nSPS) is 11.0. The summed E-state index contributed by atoms with van der Waals surface area (Å²) in [5.41, 5.74) is 1.90. The predicted molar refractivity (Wildman–Crippen MR) is 81.6 cm³/mol. The zero-order chi connectivity index (χ0) is 15.6. The van der Waals surface area contributed by atoms with Crippen LogP contribution in [0.3, 0.4) is 0 Å². The van der Waals surface area contributed by atoms with E-state index in [1.54, 1.807) is 12.2 Å². The maximum absolute atomic E-state index is 11.2. The summed E-state index contributed by atoms with van der Waals surface area (Å²) in [6, 6.07) is 3.18. The number of carboxylic acids is 1. The van der Waals surface area contributed by atoms with Crippen LogP contribution in [-0.4, -0.2) is 33.5 Å². The Balaban J connectivity index is 2.50. The van der Waals surface area contributed by atoms with Crippen molar-refractivity contribution in [2.24, 2.45) is 0 Å². The molecule has 0 bridgehead atoms. The highest BCUT2D eigenvalue weighted by Gasteiger charge is 2.19. The topological polar surface area (TPSA) is 95.4 Å². The van der Waals surface area contributed by atoms with Crippen molar-refractivity contribution < 1.29 is 19.7 Å². The first-order chi connectivity index (χ1) is 9.93. The number of hydrogen-bond donors (Lipinski definition) is 3. The zero-order valence-corrected chi connectivity index (χ0v) is 12.9. The van der Waals surface area contributed by atoms with Gasteiger partial charge < -0.3 is 14.9 Å². The third-order valence-electron chi connectivity index (χ3n) is 2.82. The van der Waals surface area contributed by atoms with E-state index >= 15 is 0 Å². The molecule has 0 unspecified atom stereocenters. The molecule has 0 radical (unpaired) electrons. The van der Waals surface area contributed by atoms with Crippen LogP contribution in [0.2, 0.25) is 0 Å². The van der Waals surface area contributed by atoms with Crippen LogP contribution in [0.1, 0.15) is 27.3 Å². The minimum Gasteiger partial charge on any atom is -0.504 e. The number of phenols is 1. The van der Waals surface area contributed by atoms with Crippen molar-refractivity contribution >= 4 is 34.1 Å². The van der Waals surface area contributed by atoms with Crippen molar-refractivity contribution in [3.05, 3.63) is 39.1 Å². The molecule has 2 aromatic rings. The number of nitrogens with zero attached hydrogens (tertiary/aromatic N) is 1. The van der Waals surface area contributed by atoms with Gasteiger partial charge in [-0.15, -0.1) is 0 Å². The number of aromatic hydroxyl groups is 1. The SMILES string of the molecule is COc1c(O)c(/C=C/c2cc(C)[nH]n2)cc(C(=O)O)c1Br. The number of rotatable bonds is 4. The summed E-state index contributed by atoms with van der Waals surface area (Å²) in [6.45, 7) is 1.87. The highest BCUT2D eigenvalue weighted by molar-refractivity contribution is 9.10. The van der Waals surface area contributed by atoms with Gasteiger partial charge in [0.15, 0.2) is 11.5 Å². The van der Waals surface area contributed by atoms with Crippen LogP contribution in [-0.2, 0) is 0 Å². The molecule has 2 rings (SSSR count). The number of aromatic amines is 1. The number of methoxy groups -OCH3 is 1. The summed E-state index contributed by atoms with van der Waals surface area (Å²) in [4.78, 5) is 11.2. The highest BCUT2D eigenvalue weighted by atomic mass is 79.9. The molecular weight excluding hydrogens is 340 g/mol. The molecule has 110 valence electrons. The molecule has 6 nitrogen and oxygen atoms in total. The Hall–Kier alpha value is -2.28. The molecular formula is C14H13BrN2O4. The number of halogens is 1. The lowest BCUT2D eigenvalue weighted by Crippen LogP contribution is -2.01. The number of aromatic carboxylic acids is 1. The van der Waals surface area contributed by atoms with Gasteiger partial charge in [0.2, 0.25) is 0 Å². The van der Waals surface area contributed by atoms with Gasteiger partial charge in [-0.2, -0.15) is 5.10 Å². The quantitative estimate of drug-likeness (QED) is 0.785. The van der Waals surface area contributed by atoms with Crippen LogP contribution in [0.25, 0.3) is 12.2 Å². The van der Waals surface area contributed by atoms with E-state index in [9.17, 15) is 15.0 Å². The summed E-state index contributed by atoms with van der Waals surface area (Å²) in [7, 11) is 1.36. The van der Waals surface area contributed by atoms with Crippen LogP contribution in [0.15, 0.2) is 16.6 Å². The van der Waals surface area contributed by atoms with Gasteiger partial charge in [0.25, 0.3) is 0 Å². The molecule has 1 aromatic heterocycles. The average molecular weight is 353 g/mol. The van der Waals surface area contributed by atoms with Crippen LogP contribution < -0.4 is 4.74 Å². The Labute approximate surface area is 129 Å². The lowest BCUT2D eigenvalue weighted by Gasteiger charge is -2.11. The number of aromatic nitrogens is 2. The fourth-order valence-corrected chi connectivity index (χ4v) is 2.45. The minimum atomic E-state index is -1.12. The van der Waals surface area contributed by atoms with E-state index in [1.165, 1.54) is 13.2 Å². The van der Waals surface area contributed by atoms with Crippen molar-refractivity contribution in [2.75, 3.05) is 7.11 Å². The second-order valence-electron chi connectivity index (χ2n) is 4.32. The zero-order valence-electron chi connectivity index (χ0n) is 11.3. The predicted octanol–water partition coefficient (Wildman–Crippen LogP) is 3.06. The smallest absolute Gasteiger partial charge is 0.337 e. The third-order valence-corrected chi connectivity index (χ3v) is 3.61. The Morgan fingerprint density at radius 3 is 2.67 bits per heavy atom. The molecule has 0 aliphatic heterocycles. The first-order valence-electron chi connectivity index (χ1n) is 5.97. The lowest BCUT2D eigenvalue weighted by molar-refractivity contribution is 0.0695. The largest absolute Gasteiger partial charge is 0.504 e. The summed E-state index contributed by atoms with van der Waals surface area (Å²) in [5, 5.41) is 26.1. The molecule has 1 aromatic carbocycles. The second-order valence-corrected chi connectivity index (χ2v) is 5.12. The molecule has 7 heteroatoms. The van der Waals surface area contributed by atoms with Crippen LogP contribution >= 0.6 is 15.9 Å². The van der Waals surface area contributed by atoms with Gasteiger partial charge in [-0.3, -0.25) is 5.10 Å². The van der Waals surface area contributed by atoms with Crippen molar-refractivity contribution in [3.8, 4) is 11.5 Å². The second kappa shape index (κ2) is 6.01. The lowest BCUT2D eigenvalue weighted by atomic mass is 10.1. The maximum Gasteiger partial charge on any atom is 0.337 e. The number of hydrogen-bond acceptors (Lipinski definition) is 4. The summed E-state index contributed by atoms with van der Waals surface area (Å²) in [6.07, 6.45) is 3.24. The number of ether oxygens (including phenoxy) is 1. The fraction of sp³-hybridized carbons (Fsp3) is 0.143. The Morgan fingerprint density at radius 1 is 1.43 bits per heavy atom. The van der Waals surface area contributed by atoms with E-state index in [0.717, 1.165) is 5.69 Å². The Kier molecular flexibility index (Phi) is 4.32. The van der Waals surface area contributed by atoms with E-state index in [4.69, 9.17) is 4.74 Å². The van der Waals surface area contributed by atoms with Gasteiger partial charge in [-0.1, -0.05) is 0 Å². The van der Waals surface area contributed by atoms with Gasteiger partial charge in [-0.25, -0.2) is 4.79 Å². The van der Waals surface area contributed by atoms with Gasteiger partial charge in [0.1, 0.15) is 0 Å². The van der Waals surface area contributed by atoms with Crippen molar-refractivity contribution in [2.45, 2.75) is 6.92 Å². The van der Waals surface area contributed by atoms with E-state index in [-0.39, 0.29) is 21.5 Å². The molecule has 0 aliphatic carbocycles. The number of nitrogens with one attached hydrogen (secondary N) is 1. The van der Waals surface area contributed by atoms with E-state index < -0.39 is 5.97 Å². The molecule has 0 spiro atoms. The number of phenolic OH excluding ortho intramolecular Hbond substituents is 1. The van der Waals surface area contributed by atoms with Gasteiger partial charge in [-0.05, 0) is 47.1 Å². The molecule has 0 fully saturated rings. The van der Waals surface area contributed by atoms with Crippen molar-refractivity contribution in [3.63, 3.8) is 0 Å². The van der Waals surface area contributed by atoms with Gasteiger partial charge in [0.05, 0.1) is 22.8 Å². The number of benzene rings is 1. The molecule has 0 saturated heterocycles. The van der Waals surface area contributed by atoms with E-state index in [2.05, 4.69) is 26.1 Å². The summed E-state index contributed by atoms with van der Waals surface area (Å²) >= 11 is 3.12. The van der Waals surface area contributed by atoms with Crippen LogP contribution in [0.4, 0.5) is 0 Å². The summed E-state index contributed by atoms with van der Waals surface area (Å²) in [5.74, 6) is -1.18. The monoisotopic (exact) mass is 352 g/mol. The number of carbonyl (C=O) groups is 1. The molecule has 1 heterocycles. The van der Waals surface area contributed by atoms with Gasteiger partial charge in [0, 0.05) is 11.3 Å². The number of carboxylic acid groups (broad SMARTS) is 1. The third kappa shape index (κ3) is 3.08. The molecule has 21 heavy (non-hydrogen) atoms. The number of H-pyrrole nitrogens is 1. The first-order valence-corrected chi connectivity index (χ1v) is 6.76. The Morgan fingerprint density at radius 2 is 2.14 bits per heavy atom. The first kappa shape index (κ1) is 15.1. The molecule has 0 atom stereocenters. The molecule has 0 aliphatic rings. The Bertz CT molecular complexity index is 722. The van der Waals surface area contributed by atoms with E-state index in [1.807, 2.05) is 13.0 Å². The highest BCUT2D eigenvalue weighted by Crippen LogP contribution is 2.40. The van der Waals surface area contributed by atoms with Crippen molar-refractivity contribution in [1.29, 1.82) is 0 Å². The molecule has 0 saturated carbocycles. The molecule has 3 N–H and O–H groups in total. The molecule has 0 amide bonds.